The number of benzene rings is 1. The fraction of sp³-hybridized carbons (Fsp3) is 0.188. The third-order valence-electron chi connectivity index (χ3n) is 2.63. The molecule has 0 N–H and O–H groups in total. The van der Waals surface area contributed by atoms with E-state index in [4.69, 9.17) is 4.74 Å². The summed E-state index contributed by atoms with van der Waals surface area (Å²) in [4.78, 5) is 28.1. The quantitative estimate of drug-likeness (QED) is 0.608. The predicted octanol–water partition coefficient (Wildman–Crippen LogP) is 3.04. The molecule has 0 spiro atoms. The first kappa shape index (κ1) is 15.1. The van der Waals surface area contributed by atoms with Crippen molar-refractivity contribution in [2.24, 2.45) is 0 Å². The fourth-order valence-electron chi connectivity index (χ4n) is 1.69. The van der Waals surface area contributed by atoms with Gasteiger partial charge in [-0.1, -0.05) is 30.3 Å². The fourth-order valence-corrected chi connectivity index (χ4v) is 2.62. The molecule has 1 aromatic carbocycles. The minimum atomic E-state index is -0.505. The maximum absolute atomic E-state index is 11.7. The lowest BCUT2D eigenvalue weighted by Gasteiger charge is -1.95. The predicted molar refractivity (Wildman–Crippen MR) is 82.0 cm³/mol. The number of allylic oxidation sites excluding steroid dienone is 1. The van der Waals surface area contributed by atoms with Crippen LogP contribution in [0.3, 0.4) is 0 Å². The van der Waals surface area contributed by atoms with Crippen molar-refractivity contribution in [3.8, 4) is 10.4 Å². The van der Waals surface area contributed by atoms with Crippen LogP contribution in [0.25, 0.3) is 10.4 Å². The number of ketones is 1. The normalized spacial score (nSPS) is 10.7. The van der Waals surface area contributed by atoms with Crippen LogP contribution < -0.4 is 0 Å². The summed E-state index contributed by atoms with van der Waals surface area (Å²) >= 11 is 1.48. The molecular weight excluding hydrogens is 286 g/mol. The van der Waals surface area contributed by atoms with Crippen molar-refractivity contribution in [3.63, 3.8) is 0 Å². The smallest absolute Gasteiger partial charge is 0.330 e. The molecule has 0 atom stereocenters. The van der Waals surface area contributed by atoms with E-state index in [1.165, 1.54) is 17.4 Å². The van der Waals surface area contributed by atoms with Crippen LogP contribution in [0.4, 0.5) is 0 Å². The topological polar surface area (TPSA) is 56.3 Å². The lowest BCUT2D eigenvalue weighted by molar-refractivity contribution is -0.137. The summed E-state index contributed by atoms with van der Waals surface area (Å²) in [5.41, 5.74) is 1.08. The Labute approximate surface area is 127 Å². The third kappa shape index (κ3) is 4.65. The summed E-state index contributed by atoms with van der Waals surface area (Å²) in [6, 6.07) is 9.87. The Hall–Kier alpha value is -2.27. The summed E-state index contributed by atoms with van der Waals surface area (Å²) in [6.07, 6.45) is 4.34. The molecule has 1 heterocycles. The molecule has 0 aliphatic heterocycles. The minimum Gasteiger partial charge on any atom is -0.463 e. The van der Waals surface area contributed by atoms with Gasteiger partial charge in [0.15, 0.2) is 5.78 Å². The number of rotatable bonds is 6. The van der Waals surface area contributed by atoms with Crippen molar-refractivity contribution in [2.45, 2.75) is 13.3 Å². The summed E-state index contributed by atoms with van der Waals surface area (Å²) < 4.78 is 4.71. The highest BCUT2D eigenvalue weighted by Gasteiger charge is 2.07. The molecule has 0 aliphatic rings. The van der Waals surface area contributed by atoms with Crippen molar-refractivity contribution in [3.05, 3.63) is 53.7 Å². The van der Waals surface area contributed by atoms with Crippen LogP contribution in [-0.4, -0.2) is 23.3 Å². The van der Waals surface area contributed by atoms with Crippen LogP contribution in [0.5, 0.6) is 0 Å². The summed E-state index contributed by atoms with van der Waals surface area (Å²) in [7, 11) is 0. The number of esters is 1. The monoisotopic (exact) mass is 301 g/mol. The number of hydrogen-bond donors (Lipinski definition) is 0. The van der Waals surface area contributed by atoms with E-state index in [1.807, 2.05) is 30.3 Å². The standard InChI is InChI=1S/C16H15NO3S/c1-2-20-16(19)9-8-13(18)10-15-17-11-14(21-15)12-6-4-3-5-7-12/h3-9,11H,2,10H2,1H3/b9-8+. The molecule has 2 aromatic rings. The maximum atomic E-state index is 11.7. The van der Waals surface area contributed by atoms with Crippen LogP contribution in [0.1, 0.15) is 11.9 Å². The second-order valence-electron chi connectivity index (χ2n) is 4.21. The van der Waals surface area contributed by atoms with Gasteiger partial charge in [0, 0.05) is 12.3 Å². The molecule has 0 saturated heterocycles. The van der Waals surface area contributed by atoms with Crippen LogP contribution >= 0.6 is 11.3 Å². The number of ether oxygens (including phenoxy) is 1. The van der Waals surface area contributed by atoms with Gasteiger partial charge in [-0.15, -0.1) is 11.3 Å². The van der Waals surface area contributed by atoms with Crippen LogP contribution in [0.2, 0.25) is 0 Å². The van der Waals surface area contributed by atoms with Gasteiger partial charge in [-0.3, -0.25) is 4.79 Å². The van der Waals surface area contributed by atoms with E-state index in [1.54, 1.807) is 13.1 Å². The Morgan fingerprint density at radius 3 is 2.71 bits per heavy atom. The van der Waals surface area contributed by atoms with Crippen molar-refractivity contribution in [1.29, 1.82) is 0 Å². The average molecular weight is 301 g/mol. The molecule has 4 nitrogen and oxygen atoms in total. The highest BCUT2D eigenvalue weighted by atomic mass is 32.1. The molecule has 0 aliphatic carbocycles. The number of hydrogen-bond acceptors (Lipinski definition) is 5. The highest BCUT2D eigenvalue weighted by molar-refractivity contribution is 7.15. The molecule has 0 bridgehead atoms. The second kappa shape index (κ2) is 7.50. The summed E-state index contributed by atoms with van der Waals surface area (Å²) in [6.45, 7) is 2.01. The van der Waals surface area contributed by atoms with E-state index < -0.39 is 5.97 Å². The van der Waals surface area contributed by atoms with Crippen molar-refractivity contribution in [2.75, 3.05) is 6.61 Å². The van der Waals surface area contributed by atoms with Crippen LogP contribution in [0, 0.1) is 0 Å². The molecule has 0 saturated carbocycles. The SMILES string of the molecule is CCOC(=O)/C=C/C(=O)Cc1ncc(-c2ccccc2)s1. The van der Waals surface area contributed by atoms with Crippen molar-refractivity contribution >= 4 is 23.1 Å². The molecule has 0 amide bonds. The molecular formula is C16H15NO3S. The van der Waals surface area contributed by atoms with E-state index >= 15 is 0 Å². The first-order valence-electron chi connectivity index (χ1n) is 6.57. The molecule has 108 valence electrons. The average Bonchev–Trinajstić information content (AvgIpc) is 2.95. The van der Waals surface area contributed by atoms with Gasteiger partial charge in [-0.25, -0.2) is 9.78 Å². The Balaban J connectivity index is 1.97. The molecule has 0 radical (unpaired) electrons. The van der Waals surface area contributed by atoms with E-state index in [0.717, 1.165) is 21.5 Å². The maximum Gasteiger partial charge on any atom is 0.330 e. The first-order valence-corrected chi connectivity index (χ1v) is 7.38. The van der Waals surface area contributed by atoms with Gasteiger partial charge in [0.1, 0.15) is 5.01 Å². The summed E-state index contributed by atoms with van der Waals surface area (Å²) in [5, 5.41) is 0.729. The Kier molecular flexibility index (Phi) is 5.40. The van der Waals surface area contributed by atoms with Crippen molar-refractivity contribution < 1.29 is 14.3 Å². The van der Waals surface area contributed by atoms with Crippen LogP contribution in [-0.2, 0) is 20.7 Å². The number of carbonyl (C=O) groups excluding carboxylic acids is 2. The van der Waals surface area contributed by atoms with Gasteiger partial charge in [-0.05, 0) is 18.6 Å². The number of thiazole rings is 1. The summed E-state index contributed by atoms with van der Waals surface area (Å²) in [5.74, 6) is -0.674. The van der Waals surface area contributed by atoms with Gasteiger partial charge in [0.25, 0.3) is 0 Å². The van der Waals surface area contributed by atoms with E-state index in [0.29, 0.717) is 6.61 Å². The van der Waals surface area contributed by atoms with Gasteiger partial charge in [-0.2, -0.15) is 0 Å². The Morgan fingerprint density at radius 2 is 2.00 bits per heavy atom. The highest BCUT2D eigenvalue weighted by Crippen LogP contribution is 2.25. The molecule has 0 fully saturated rings. The lowest BCUT2D eigenvalue weighted by atomic mass is 10.2. The molecule has 2 rings (SSSR count). The zero-order chi connectivity index (χ0) is 15.1. The van der Waals surface area contributed by atoms with Crippen molar-refractivity contribution in [1.82, 2.24) is 4.98 Å². The lowest BCUT2D eigenvalue weighted by Crippen LogP contribution is -2.02. The van der Waals surface area contributed by atoms with Crippen LogP contribution in [0.15, 0.2) is 48.7 Å². The number of carbonyl (C=O) groups is 2. The molecule has 5 heteroatoms. The molecule has 21 heavy (non-hydrogen) atoms. The van der Waals surface area contributed by atoms with Gasteiger partial charge in [0.2, 0.25) is 0 Å². The minimum absolute atomic E-state index is 0.169. The zero-order valence-corrected chi connectivity index (χ0v) is 12.4. The van der Waals surface area contributed by atoms with Gasteiger partial charge < -0.3 is 4.74 Å². The van der Waals surface area contributed by atoms with Gasteiger partial charge >= 0.3 is 5.97 Å². The first-order chi connectivity index (χ1) is 10.2. The Bertz CT molecular complexity index is 647. The third-order valence-corrected chi connectivity index (χ3v) is 3.68. The Morgan fingerprint density at radius 1 is 1.24 bits per heavy atom. The zero-order valence-electron chi connectivity index (χ0n) is 11.6. The second-order valence-corrected chi connectivity index (χ2v) is 5.33. The largest absolute Gasteiger partial charge is 0.463 e. The number of aromatic nitrogens is 1. The molecule has 1 aromatic heterocycles. The van der Waals surface area contributed by atoms with E-state index in [9.17, 15) is 9.59 Å². The number of nitrogens with zero attached hydrogens (tertiary/aromatic N) is 1. The molecule has 0 unspecified atom stereocenters. The van der Waals surface area contributed by atoms with Gasteiger partial charge in [0.05, 0.1) is 17.9 Å². The van der Waals surface area contributed by atoms with E-state index in [2.05, 4.69) is 4.98 Å². The van der Waals surface area contributed by atoms with E-state index in [-0.39, 0.29) is 12.2 Å².